The van der Waals surface area contributed by atoms with Crippen LogP contribution in [0.2, 0.25) is 0 Å². The van der Waals surface area contributed by atoms with Crippen molar-refractivity contribution in [2.45, 2.75) is 31.7 Å². The summed E-state index contributed by atoms with van der Waals surface area (Å²) in [5.74, 6) is 1.44. The van der Waals surface area contributed by atoms with Gasteiger partial charge in [0.15, 0.2) is 0 Å². The van der Waals surface area contributed by atoms with Crippen LogP contribution >= 0.6 is 0 Å². The number of anilines is 1. The number of alkyl halides is 4. The highest BCUT2D eigenvalue weighted by Gasteiger charge is 2.40. The van der Waals surface area contributed by atoms with Gasteiger partial charge in [0.25, 0.3) is 5.91 Å². The fourth-order valence-corrected chi connectivity index (χ4v) is 3.24. The van der Waals surface area contributed by atoms with Crippen molar-refractivity contribution in [3.63, 3.8) is 0 Å². The van der Waals surface area contributed by atoms with Crippen LogP contribution in [0.4, 0.5) is 32.4 Å². The lowest BCUT2D eigenvalue weighted by Crippen LogP contribution is -2.48. The van der Waals surface area contributed by atoms with Crippen molar-refractivity contribution in [1.29, 1.82) is 0 Å². The summed E-state index contributed by atoms with van der Waals surface area (Å²) < 4.78 is 68.3. The molecule has 1 saturated heterocycles. The zero-order valence-corrected chi connectivity index (χ0v) is 14.7. The normalized spacial score (nSPS) is 21.2. The Morgan fingerprint density at radius 2 is 2.00 bits per heavy atom. The Kier molecular flexibility index (Phi) is 6.32. The van der Waals surface area contributed by atoms with Gasteiger partial charge < -0.3 is 15.3 Å². The van der Waals surface area contributed by atoms with Crippen LogP contribution < -0.4 is 16.6 Å². The highest BCUT2D eigenvalue weighted by atomic mass is 19.4. The van der Waals surface area contributed by atoms with E-state index in [4.69, 9.17) is 10.9 Å². The standard InChI is InChI=1S/C16H19F5N4O3/c1-7(9-2-3-25(15(27)28)6-11(9)18)23-12-5-8(14(26)24-22)4-10(17)13(12)16(19,20)21/h4-5,7,9,11,23H,2-3,6,22H2,1H3,(H,24,26)(H,27,28)/t7?,9-,11-/m1/s1. The van der Waals surface area contributed by atoms with E-state index in [2.05, 4.69) is 5.32 Å². The summed E-state index contributed by atoms with van der Waals surface area (Å²) in [6, 6.07) is 0.289. The largest absolute Gasteiger partial charge is 0.465 e. The molecular weight excluding hydrogens is 391 g/mol. The summed E-state index contributed by atoms with van der Waals surface area (Å²) in [6.45, 7) is 1.01. The minimum atomic E-state index is -5.06. The van der Waals surface area contributed by atoms with Gasteiger partial charge >= 0.3 is 12.3 Å². The number of rotatable bonds is 4. The van der Waals surface area contributed by atoms with Crippen LogP contribution in [0, 0.1) is 11.7 Å². The predicted octanol–water partition coefficient (Wildman–Crippen LogP) is 2.59. The minimum absolute atomic E-state index is 0.0164. The lowest BCUT2D eigenvalue weighted by Gasteiger charge is -2.37. The van der Waals surface area contributed by atoms with Gasteiger partial charge in [0.1, 0.15) is 17.6 Å². The second kappa shape index (κ2) is 8.17. The molecule has 1 aromatic rings. The summed E-state index contributed by atoms with van der Waals surface area (Å²) in [4.78, 5) is 23.4. The number of likely N-dealkylation sites (tertiary alicyclic amines) is 1. The van der Waals surface area contributed by atoms with Gasteiger partial charge in [-0.15, -0.1) is 0 Å². The number of carboxylic acid groups (broad SMARTS) is 1. The molecule has 3 atom stereocenters. The number of amides is 2. The molecule has 2 rings (SSSR count). The van der Waals surface area contributed by atoms with Crippen molar-refractivity contribution in [2.24, 2.45) is 11.8 Å². The Balaban J connectivity index is 2.32. The van der Waals surface area contributed by atoms with Crippen molar-refractivity contribution < 1.29 is 36.6 Å². The van der Waals surface area contributed by atoms with Gasteiger partial charge in [-0.2, -0.15) is 13.2 Å². The Morgan fingerprint density at radius 3 is 2.50 bits per heavy atom. The van der Waals surface area contributed by atoms with Gasteiger partial charge in [0.05, 0.1) is 12.2 Å². The molecule has 0 radical (unpaired) electrons. The molecule has 1 aromatic carbocycles. The molecule has 0 spiro atoms. The third-order valence-corrected chi connectivity index (χ3v) is 4.65. The molecule has 1 fully saturated rings. The second-order valence-corrected chi connectivity index (χ2v) is 6.48. The second-order valence-electron chi connectivity index (χ2n) is 6.48. The summed E-state index contributed by atoms with van der Waals surface area (Å²) in [6.07, 6.45) is -7.91. The quantitative estimate of drug-likeness (QED) is 0.264. The maximum atomic E-state index is 14.4. The highest BCUT2D eigenvalue weighted by molar-refractivity contribution is 5.95. The van der Waals surface area contributed by atoms with Crippen LogP contribution in [-0.2, 0) is 6.18 Å². The number of nitrogens with one attached hydrogen (secondary N) is 2. The summed E-state index contributed by atoms with van der Waals surface area (Å²) >= 11 is 0. The molecule has 28 heavy (non-hydrogen) atoms. The number of benzene rings is 1. The van der Waals surface area contributed by atoms with E-state index >= 15 is 0 Å². The van der Waals surface area contributed by atoms with E-state index in [9.17, 15) is 31.5 Å². The smallest absolute Gasteiger partial charge is 0.421 e. The molecule has 0 saturated carbocycles. The van der Waals surface area contributed by atoms with E-state index in [0.29, 0.717) is 6.07 Å². The molecule has 1 aliphatic rings. The SMILES string of the molecule is CC(Nc1cc(C(=O)NN)cc(F)c1C(F)(F)F)[C@H]1CCN(C(=O)O)C[C@H]1F. The minimum Gasteiger partial charge on any atom is -0.465 e. The van der Waals surface area contributed by atoms with Crippen LogP contribution in [-0.4, -0.2) is 47.3 Å². The van der Waals surface area contributed by atoms with Gasteiger partial charge in [-0.05, 0) is 25.5 Å². The number of halogens is 5. The molecule has 1 heterocycles. The molecule has 0 bridgehead atoms. The Hall–Kier alpha value is -2.63. The summed E-state index contributed by atoms with van der Waals surface area (Å²) in [7, 11) is 0. The highest BCUT2D eigenvalue weighted by Crippen LogP contribution is 2.38. The first-order valence-electron chi connectivity index (χ1n) is 8.25. The first-order chi connectivity index (χ1) is 13.0. The zero-order chi connectivity index (χ0) is 21.2. The average molecular weight is 410 g/mol. The lowest BCUT2D eigenvalue weighted by molar-refractivity contribution is -0.139. The van der Waals surface area contributed by atoms with Crippen LogP contribution in [0.25, 0.3) is 0 Å². The molecule has 0 aromatic heterocycles. The number of nitrogen functional groups attached to an aromatic ring is 1. The predicted molar refractivity (Wildman–Crippen MR) is 88.7 cm³/mol. The Labute approximate surface area is 156 Å². The Morgan fingerprint density at radius 1 is 1.36 bits per heavy atom. The number of nitrogens with two attached hydrogens (primary N) is 1. The number of nitrogens with zero attached hydrogens (tertiary/aromatic N) is 1. The first-order valence-corrected chi connectivity index (χ1v) is 8.25. The van der Waals surface area contributed by atoms with Gasteiger partial charge in [-0.25, -0.2) is 19.4 Å². The van der Waals surface area contributed by atoms with Gasteiger partial charge in [0, 0.05) is 24.1 Å². The van der Waals surface area contributed by atoms with E-state index < -0.39 is 65.5 Å². The molecule has 0 aliphatic carbocycles. The van der Waals surface area contributed by atoms with Gasteiger partial charge in [0.2, 0.25) is 0 Å². The van der Waals surface area contributed by atoms with Crippen molar-refractivity contribution in [2.75, 3.05) is 18.4 Å². The molecule has 1 aliphatic heterocycles. The van der Waals surface area contributed by atoms with Crippen LogP contribution in [0.5, 0.6) is 0 Å². The van der Waals surface area contributed by atoms with E-state index in [1.54, 1.807) is 5.43 Å². The number of hydrogen-bond donors (Lipinski definition) is 4. The van der Waals surface area contributed by atoms with Gasteiger partial charge in [-0.1, -0.05) is 0 Å². The third-order valence-electron chi connectivity index (χ3n) is 4.65. The Bertz CT molecular complexity index is 759. The fraction of sp³-hybridized carbons (Fsp3) is 0.500. The van der Waals surface area contributed by atoms with E-state index in [1.165, 1.54) is 6.92 Å². The molecule has 12 heteroatoms. The maximum absolute atomic E-state index is 14.4. The fourth-order valence-electron chi connectivity index (χ4n) is 3.24. The molecular formula is C16H19F5N4O3. The van der Waals surface area contributed by atoms with Crippen molar-refractivity contribution in [1.82, 2.24) is 10.3 Å². The average Bonchev–Trinajstić information content (AvgIpc) is 2.58. The topological polar surface area (TPSA) is 108 Å². The van der Waals surface area contributed by atoms with Crippen molar-refractivity contribution >= 4 is 17.7 Å². The van der Waals surface area contributed by atoms with Gasteiger partial charge in [-0.3, -0.25) is 10.2 Å². The maximum Gasteiger partial charge on any atom is 0.421 e. The summed E-state index contributed by atoms with van der Waals surface area (Å²) in [5, 5.41) is 11.3. The number of carbonyl (C=O) groups excluding carboxylic acids is 1. The van der Waals surface area contributed by atoms with E-state index in [0.717, 1.165) is 11.0 Å². The molecule has 5 N–H and O–H groups in total. The van der Waals surface area contributed by atoms with E-state index in [1.807, 2.05) is 0 Å². The van der Waals surface area contributed by atoms with E-state index in [-0.39, 0.29) is 13.0 Å². The van der Waals surface area contributed by atoms with Crippen molar-refractivity contribution in [3.05, 3.63) is 29.1 Å². The van der Waals surface area contributed by atoms with Crippen LogP contribution in [0.3, 0.4) is 0 Å². The lowest BCUT2D eigenvalue weighted by atomic mass is 9.88. The summed E-state index contributed by atoms with van der Waals surface area (Å²) in [5.41, 5.74) is -1.10. The first kappa shape index (κ1) is 21.7. The number of piperidine rings is 1. The molecule has 7 nitrogen and oxygen atoms in total. The molecule has 156 valence electrons. The number of carbonyl (C=O) groups is 2. The molecule has 2 amide bonds. The number of hydrazine groups is 1. The van der Waals surface area contributed by atoms with Crippen LogP contribution in [0.1, 0.15) is 29.3 Å². The van der Waals surface area contributed by atoms with Crippen molar-refractivity contribution in [3.8, 4) is 0 Å². The van der Waals surface area contributed by atoms with Crippen LogP contribution in [0.15, 0.2) is 12.1 Å². The molecule has 1 unspecified atom stereocenters. The monoisotopic (exact) mass is 410 g/mol. The third kappa shape index (κ3) is 4.61. The number of hydrogen-bond acceptors (Lipinski definition) is 4. The zero-order valence-electron chi connectivity index (χ0n) is 14.7.